The number of hydrogen-bond acceptors (Lipinski definition) is 3. The largest absolute Gasteiger partial charge is 0.468 e. The van der Waals surface area contributed by atoms with Gasteiger partial charge in [0.15, 0.2) is 0 Å². The van der Waals surface area contributed by atoms with Crippen molar-refractivity contribution in [2.24, 2.45) is 11.8 Å². The Kier molecular flexibility index (Phi) is 4.41. The van der Waals surface area contributed by atoms with Gasteiger partial charge in [-0.05, 0) is 64.4 Å². The zero-order valence-electron chi connectivity index (χ0n) is 13.8. The molecule has 0 amide bonds. The first-order chi connectivity index (χ1) is 9.99. The second kappa shape index (κ2) is 6.13. The highest BCUT2D eigenvalue weighted by atomic mass is 16.3. The molecule has 1 aromatic heterocycles. The number of rotatable bonds is 8. The van der Waals surface area contributed by atoms with Crippen molar-refractivity contribution in [3.8, 4) is 0 Å². The van der Waals surface area contributed by atoms with Crippen molar-refractivity contribution >= 4 is 0 Å². The van der Waals surface area contributed by atoms with Gasteiger partial charge in [-0.2, -0.15) is 0 Å². The lowest BCUT2D eigenvalue weighted by molar-refractivity contribution is 0.224. The number of nitrogens with one attached hydrogen (secondary N) is 1. The summed E-state index contributed by atoms with van der Waals surface area (Å²) in [6.45, 7) is 11.0. The molecular formula is C18H30N2O. The van der Waals surface area contributed by atoms with Crippen molar-refractivity contribution in [2.75, 3.05) is 13.1 Å². The molecule has 0 unspecified atom stereocenters. The minimum absolute atomic E-state index is 0.149. The molecule has 3 heteroatoms. The fraction of sp³-hybridized carbons (Fsp3) is 0.778. The normalized spacial score (nSPS) is 19.4. The highest BCUT2D eigenvalue weighted by Crippen LogP contribution is 2.34. The van der Waals surface area contributed by atoms with Crippen LogP contribution >= 0.6 is 0 Å². The van der Waals surface area contributed by atoms with Crippen molar-refractivity contribution in [2.45, 2.75) is 65.1 Å². The predicted molar refractivity (Wildman–Crippen MR) is 86.0 cm³/mol. The number of hydrogen-bond donors (Lipinski definition) is 1. The molecule has 0 bridgehead atoms. The summed E-state index contributed by atoms with van der Waals surface area (Å²) in [4.78, 5) is 2.63. The second-order valence-corrected chi connectivity index (χ2v) is 8.05. The van der Waals surface area contributed by atoms with Crippen LogP contribution < -0.4 is 5.32 Å². The van der Waals surface area contributed by atoms with Crippen molar-refractivity contribution in [3.05, 3.63) is 23.7 Å². The molecule has 0 radical (unpaired) electrons. The molecule has 0 saturated heterocycles. The summed E-state index contributed by atoms with van der Waals surface area (Å²) < 4.78 is 5.78. The quantitative estimate of drug-likeness (QED) is 0.789. The van der Waals surface area contributed by atoms with Crippen LogP contribution in [0.15, 0.2) is 16.7 Å². The van der Waals surface area contributed by atoms with Gasteiger partial charge in [-0.15, -0.1) is 0 Å². The van der Waals surface area contributed by atoms with Crippen LogP contribution in [-0.4, -0.2) is 23.5 Å². The lowest BCUT2D eigenvalue weighted by Crippen LogP contribution is -2.35. The Bertz CT molecular complexity index is 438. The Labute approximate surface area is 129 Å². The third kappa shape index (κ3) is 5.15. The molecule has 2 saturated carbocycles. The SMILES string of the molecule is CC(C)(C)NCc1ccoc1CN(CC1CC1)CC1CC1. The van der Waals surface area contributed by atoms with Crippen molar-refractivity contribution in [3.63, 3.8) is 0 Å². The van der Waals surface area contributed by atoms with E-state index in [1.54, 1.807) is 0 Å². The van der Waals surface area contributed by atoms with E-state index in [1.165, 1.54) is 44.3 Å². The van der Waals surface area contributed by atoms with Gasteiger partial charge in [0, 0.05) is 30.7 Å². The maximum Gasteiger partial charge on any atom is 0.122 e. The summed E-state index contributed by atoms with van der Waals surface area (Å²) in [6, 6.07) is 2.13. The molecule has 2 fully saturated rings. The lowest BCUT2D eigenvalue weighted by atomic mass is 10.1. The van der Waals surface area contributed by atoms with Gasteiger partial charge in [0.25, 0.3) is 0 Å². The molecule has 0 aliphatic heterocycles. The van der Waals surface area contributed by atoms with E-state index >= 15 is 0 Å². The van der Waals surface area contributed by atoms with Crippen LogP contribution in [-0.2, 0) is 13.1 Å². The molecule has 1 heterocycles. The van der Waals surface area contributed by atoms with Gasteiger partial charge in [0.2, 0.25) is 0 Å². The van der Waals surface area contributed by atoms with E-state index in [0.717, 1.165) is 30.7 Å². The van der Waals surface area contributed by atoms with Crippen molar-refractivity contribution in [1.29, 1.82) is 0 Å². The fourth-order valence-corrected chi connectivity index (χ4v) is 2.76. The van der Waals surface area contributed by atoms with E-state index in [0.29, 0.717) is 0 Å². The van der Waals surface area contributed by atoms with Crippen LogP contribution in [0.4, 0.5) is 0 Å². The molecule has 3 nitrogen and oxygen atoms in total. The summed E-state index contributed by atoms with van der Waals surface area (Å²) in [5.74, 6) is 3.07. The van der Waals surface area contributed by atoms with E-state index in [-0.39, 0.29) is 5.54 Å². The van der Waals surface area contributed by atoms with Crippen LogP contribution in [0.1, 0.15) is 57.8 Å². The van der Waals surface area contributed by atoms with E-state index in [9.17, 15) is 0 Å². The Morgan fingerprint density at radius 2 is 1.76 bits per heavy atom. The maximum absolute atomic E-state index is 5.78. The lowest BCUT2D eigenvalue weighted by Gasteiger charge is -2.23. The minimum Gasteiger partial charge on any atom is -0.468 e. The minimum atomic E-state index is 0.149. The summed E-state index contributed by atoms with van der Waals surface area (Å²) in [7, 11) is 0. The van der Waals surface area contributed by atoms with Gasteiger partial charge < -0.3 is 9.73 Å². The van der Waals surface area contributed by atoms with Crippen molar-refractivity contribution < 1.29 is 4.42 Å². The van der Waals surface area contributed by atoms with E-state index in [4.69, 9.17) is 4.42 Å². The summed E-state index contributed by atoms with van der Waals surface area (Å²) in [5, 5.41) is 3.57. The average Bonchev–Trinajstić information content (AvgIpc) is 3.30. The smallest absolute Gasteiger partial charge is 0.122 e. The zero-order chi connectivity index (χ0) is 14.9. The standard InChI is InChI=1S/C18H30N2O/c1-18(2,3)19-10-16-8-9-21-17(16)13-20(11-14-4-5-14)12-15-6-7-15/h8-9,14-15,19H,4-7,10-13H2,1-3H3. The first kappa shape index (κ1) is 15.1. The number of nitrogens with zero attached hydrogens (tertiary/aromatic N) is 1. The van der Waals surface area contributed by atoms with Crippen molar-refractivity contribution in [1.82, 2.24) is 10.2 Å². The summed E-state index contributed by atoms with van der Waals surface area (Å²) in [5.41, 5.74) is 1.47. The highest BCUT2D eigenvalue weighted by molar-refractivity contribution is 5.17. The first-order valence-electron chi connectivity index (χ1n) is 8.52. The number of furan rings is 1. The van der Waals surface area contributed by atoms with Gasteiger partial charge in [0.1, 0.15) is 5.76 Å². The fourth-order valence-electron chi connectivity index (χ4n) is 2.76. The second-order valence-electron chi connectivity index (χ2n) is 8.05. The Morgan fingerprint density at radius 3 is 2.29 bits per heavy atom. The van der Waals surface area contributed by atoms with E-state index in [1.807, 2.05) is 6.26 Å². The predicted octanol–water partition coefficient (Wildman–Crippen LogP) is 3.79. The molecular weight excluding hydrogens is 260 g/mol. The van der Waals surface area contributed by atoms with Crippen LogP contribution in [0.25, 0.3) is 0 Å². The molecule has 3 rings (SSSR count). The molecule has 0 atom stereocenters. The van der Waals surface area contributed by atoms with Gasteiger partial charge >= 0.3 is 0 Å². The molecule has 2 aliphatic rings. The molecule has 1 N–H and O–H groups in total. The third-order valence-electron chi connectivity index (χ3n) is 4.44. The highest BCUT2D eigenvalue weighted by Gasteiger charge is 2.29. The third-order valence-corrected chi connectivity index (χ3v) is 4.44. The molecule has 21 heavy (non-hydrogen) atoms. The Balaban J connectivity index is 1.57. The molecule has 118 valence electrons. The first-order valence-corrected chi connectivity index (χ1v) is 8.52. The molecule has 0 spiro atoms. The van der Waals surface area contributed by atoms with Gasteiger partial charge in [-0.1, -0.05) is 0 Å². The van der Waals surface area contributed by atoms with Crippen LogP contribution in [0.2, 0.25) is 0 Å². The average molecular weight is 290 g/mol. The topological polar surface area (TPSA) is 28.4 Å². The summed E-state index contributed by atoms with van der Waals surface area (Å²) in [6.07, 6.45) is 7.56. The monoisotopic (exact) mass is 290 g/mol. The van der Waals surface area contributed by atoms with E-state index in [2.05, 4.69) is 37.1 Å². The molecule has 2 aliphatic carbocycles. The van der Waals surface area contributed by atoms with Gasteiger partial charge in [-0.25, -0.2) is 0 Å². The van der Waals surface area contributed by atoms with Crippen LogP contribution in [0.3, 0.4) is 0 Å². The zero-order valence-corrected chi connectivity index (χ0v) is 13.8. The summed E-state index contributed by atoms with van der Waals surface area (Å²) >= 11 is 0. The Morgan fingerprint density at radius 1 is 1.14 bits per heavy atom. The molecule has 0 aromatic carbocycles. The van der Waals surface area contributed by atoms with Gasteiger partial charge in [-0.3, -0.25) is 4.90 Å². The van der Waals surface area contributed by atoms with Gasteiger partial charge in [0.05, 0.1) is 12.8 Å². The molecule has 1 aromatic rings. The van der Waals surface area contributed by atoms with Crippen LogP contribution in [0, 0.1) is 11.8 Å². The van der Waals surface area contributed by atoms with E-state index < -0.39 is 0 Å². The maximum atomic E-state index is 5.78. The van der Waals surface area contributed by atoms with Crippen LogP contribution in [0.5, 0.6) is 0 Å². The Hall–Kier alpha value is -0.800.